The van der Waals surface area contributed by atoms with E-state index < -0.39 is 26.7 Å². The number of nitrogens with one attached hydrogen (secondary N) is 1. The summed E-state index contributed by atoms with van der Waals surface area (Å²) < 4.78 is 39.2. The zero-order valence-corrected chi connectivity index (χ0v) is 26.1. The first kappa shape index (κ1) is 31.8. The number of carbonyl (C=O) groups is 1. The zero-order chi connectivity index (χ0) is 28.3. The van der Waals surface area contributed by atoms with Crippen LogP contribution in [0, 0.1) is 0 Å². The average molecular weight is 610 g/mol. The van der Waals surface area contributed by atoms with Crippen LogP contribution in [0.3, 0.4) is 0 Å². The maximum Gasteiger partial charge on any atom is 1.00 e. The van der Waals surface area contributed by atoms with Crippen LogP contribution in [0.2, 0.25) is 10.0 Å². The zero-order valence-electron chi connectivity index (χ0n) is 21.7. The van der Waals surface area contributed by atoms with Crippen molar-refractivity contribution in [3.05, 3.63) is 81.8 Å². The Morgan fingerprint density at radius 3 is 2.42 bits per heavy atom. The van der Waals surface area contributed by atoms with Crippen LogP contribution in [0.1, 0.15) is 29.8 Å². The van der Waals surface area contributed by atoms with Crippen LogP contribution in [0.5, 0.6) is 11.5 Å². The topological polar surface area (TPSA) is 140 Å². The minimum absolute atomic E-state index is 0. The molecule has 202 valence electrons. The van der Waals surface area contributed by atoms with E-state index in [1.165, 1.54) is 24.3 Å². The van der Waals surface area contributed by atoms with E-state index in [0.717, 1.165) is 0 Å². The predicted molar refractivity (Wildman–Crippen MR) is 149 cm³/mol. The Morgan fingerprint density at radius 2 is 1.75 bits per heavy atom. The number of nitrogens with zero attached hydrogens (tertiary/aromatic N) is 2. The summed E-state index contributed by atoms with van der Waals surface area (Å²) in [5.74, 6) is -1.07. The molecule has 0 aliphatic heterocycles. The summed E-state index contributed by atoms with van der Waals surface area (Å²) in [6.07, 6.45) is 0.408. The number of anilines is 1. The molecule has 0 spiro atoms. The smallest absolute Gasteiger partial charge is 0.870 e. The molecule has 0 fully saturated rings. The summed E-state index contributed by atoms with van der Waals surface area (Å²) in [5, 5.41) is 25.6. The molecule has 0 saturated heterocycles. The van der Waals surface area contributed by atoms with Crippen LogP contribution in [-0.4, -0.2) is 25.5 Å². The Kier molecular flexibility index (Phi) is 10.6. The van der Waals surface area contributed by atoms with Crippen LogP contribution in [0.4, 0.5) is 17.1 Å². The number of hydrogen-bond acceptors (Lipinski definition) is 7. The van der Waals surface area contributed by atoms with E-state index >= 15 is 0 Å². The van der Waals surface area contributed by atoms with Gasteiger partial charge in [0, 0.05) is 27.7 Å². The van der Waals surface area contributed by atoms with E-state index in [1.54, 1.807) is 50.2 Å². The van der Waals surface area contributed by atoms with E-state index in [-0.39, 0.29) is 51.5 Å². The van der Waals surface area contributed by atoms with Crippen LogP contribution in [0.25, 0.3) is 10.8 Å². The molecule has 0 bridgehead atoms. The molecule has 0 unspecified atom stereocenters. The van der Waals surface area contributed by atoms with Gasteiger partial charge in [-0.3, -0.25) is 9.35 Å². The molecule has 0 radical (unpaired) electrons. The summed E-state index contributed by atoms with van der Waals surface area (Å²) >= 11 is 12.4. The third-order valence-corrected chi connectivity index (χ3v) is 7.30. The normalized spacial score (nSPS) is 11.4. The molecule has 40 heavy (non-hydrogen) atoms. The Balaban J connectivity index is 0.00000441. The predicted octanol–water partition coefficient (Wildman–Crippen LogP) is 4.10. The van der Waals surface area contributed by atoms with Gasteiger partial charge in [0.25, 0.3) is 16.0 Å². The van der Waals surface area contributed by atoms with Crippen molar-refractivity contribution in [1.29, 1.82) is 0 Å². The van der Waals surface area contributed by atoms with Gasteiger partial charge in [0.05, 0.1) is 17.3 Å². The molecule has 9 nitrogen and oxygen atoms in total. The van der Waals surface area contributed by atoms with Gasteiger partial charge in [-0.05, 0) is 54.6 Å². The number of amides is 1. The SMILES string of the molecule is CCOc1cc(NC(=O)c2cc3ccccc3c(N=Nc3cc(Cl)c(CC)cc3S(=O)(=O)O)c2[O-])ccc1Cl.[Na+]. The third kappa shape index (κ3) is 6.95. The first-order valence-corrected chi connectivity index (χ1v) is 13.9. The summed E-state index contributed by atoms with van der Waals surface area (Å²) in [7, 11) is -4.68. The van der Waals surface area contributed by atoms with E-state index in [0.29, 0.717) is 45.8 Å². The van der Waals surface area contributed by atoms with Crippen molar-refractivity contribution in [2.45, 2.75) is 25.2 Å². The van der Waals surface area contributed by atoms with Crippen molar-refractivity contribution >= 4 is 67.1 Å². The van der Waals surface area contributed by atoms with Gasteiger partial charge in [-0.2, -0.15) is 13.5 Å². The average Bonchev–Trinajstić information content (AvgIpc) is 2.89. The second-order valence-electron chi connectivity index (χ2n) is 8.30. The number of benzene rings is 4. The number of ether oxygens (including phenoxy) is 1. The Bertz CT molecular complexity index is 1730. The monoisotopic (exact) mass is 609 g/mol. The fraction of sp³-hybridized carbons (Fsp3) is 0.148. The molecule has 4 rings (SSSR count). The Labute approximate surface area is 263 Å². The van der Waals surface area contributed by atoms with Crippen LogP contribution in [-0.2, 0) is 16.5 Å². The molecular weight excluding hydrogens is 588 g/mol. The number of rotatable bonds is 8. The second kappa shape index (κ2) is 13.3. The van der Waals surface area contributed by atoms with E-state index in [4.69, 9.17) is 27.9 Å². The molecule has 1 amide bonds. The van der Waals surface area contributed by atoms with Gasteiger partial charge in [-0.1, -0.05) is 60.1 Å². The summed E-state index contributed by atoms with van der Waals surface area (Å²) in [5.41, 5.74) is 0.160. The van der Waals surface area contributed by atoms with Gasteiger partial charge >= 0.3 is 29.6 Å². The molecule has 4 aromatic carbocycles. The van der Waals surface area contributed by atoms with Crippen molar-refractivity contribution in [1.82, 2.24) is 0 Å². The van der Waals surface area contributed by atoms with E-state index in [9.17, 15) is 22.9 Å². The standard InChI is InChI=1S/C27H23Cl2N3O6S.Na/c1-3-15-12-24(39(35,36)37)22(14-21(15)29)31-32-25-18-8-6-5-7-16(18)11-19(26(25)33)27(34)30-17-9-10-20(28)23(13-17)38-4-2;/h5-14,33H,3-4H2,1-2H3,(H,30,34)(H,35,36,37);/q;+1/p-1. The molecule has 0 atom stereocenters. The van der Waals surface area contributed by atoms with Crippen molar-refractivity contribution in [3.8, 4) is 11.5 Å². The molecule has 0 saturated carbocycles. The van der Waals surface area contributed by atoms with Gasteiger partial charge in [0.2, 0.25) is 0 Å². The molecule has 13 heteroatoms. The van der Waals surface area contributed by atoms with Crippen LogP contribution < -0.4 is 44.7 Å². The number of carbonyl (C=O) groups excluding carboxylic acids is 1. The quantitative estimate of drug-likeness (QED) is 0.175. The van der Waals surface area contributed by atoms with Crippen molar-refractivity contribution in [3.63, 3.8) is 0 Å². The third-order valence-electron chi connectivity index (χ3n) is 5.75. The molecule has 4 aromatic rings. The molecule has 0 aliphatic carbocycles. The first-order chi connectivity index (χ1) is 18.5. The van der Waals surface area contributed by atoms with Gasteiger partial charge in [-0.25, -0.2) is 0 Å². The Hall–Kier alpha value is -2.70. The number of hydrogen-bond donors (Lipinski definition) is 2. The minimum Gasteiger partial charge on any atom is -0.870 e. The van der Waals surface area contributed by atoms with Gasteiger partial charge < -0.3 is 15.2 Å². The van der Waals surface area contributed by atoms with Gasteiger partial charge in [0.15, 0.2) is 0 Å². The summed E-state index contributed by atoms with van der Waals surface area (Å²) in [4.78, 5) is 12.7. The van der Waals surface area contributed by atoms with Gasteiger partial charge in [-0.15, -0.1) is 5.11 Å². The molecule has 0 aliphatic rings. The van der Waals surface area contributed by atoms with Crippen LogP contribution >= 0.6 is 23.2 Å². The summed E-state index contributed by atoms with van der Waals surface area (Å²) in [6, 6.07) is 15.3. The number of halogens is 2. The number of fused-ring (bicyclic) bond motifs is 1. The molecule has 2 N–H and O–H groups in total. The Morgan fingerprint density at radius 1 is 1.02 bits per heavy atom. The van der Waals surface area contributed by atoms with Crippen molar-refractivity contribution in [2.24, 2.45) is 10.2 Å². The number of azo groups is 1. The van der Waals surface area contributed by atoms with Crippen LogP contribution in [0.15, 0.2) is 75.8 Å². The van der Waals surface area contributed by atoms with Crippen molar-refractivity contribution in [2.75, 3.05) is 11.9 Å². The maximum absolute atomic E-state index is 13.5. The van der Waals surface area contributed by atoms with E-state index in [1.807, 2.05) is 0 Å². The summed E-state index contributed by atoms with van der Waals surface area (Å²) in [6.45, 7) is 3.93. The van der Waals surface area contributed by atoms with Gasteiger partial charge in [0.1, 0.15) is 16.3 Å². The molecule has 0 heterocycles. The largest absolute Gasteiger partial charge is 1.00 e. The van der Waals surface area contributed by atoms with E-state index in [2.05, 4.69) is 15.5 Å². The van der Waals surface area contributed by atoms with Crippen molar-refractivity contribution < 1.29 is 57.2 Å². The first-order valence-electron chi connectivity index (χ1n) is 11.7. The molecular formula is C27H22Cl2N3NaO6S. The number of aryl methyl sites for hydroxylation is 1. The fourth-order valence-electron chi connectivity index (χ4n) is 3.87. The maximum atomic E-state index is 13.5. The second-order valence-corrected chi connectivity index (χ2v) is 10.5. The fourth-order valence-corrected chi connectivity index (χ4v) is 4.99. The minimum atomic E-state index is -4.68. The molecule has 0 aromatic heterocycles.